The zero-order chi connectivity index (χ0) is 27.9. The second kappa shape index (κ2) is 12.7. The van der Waals surface area contributed by atoms with Crippen LogP contribution < -0.4 is 9.62 Å². The highest BCUT2D eigenvalue weighted by molar-refractivity contribution is 7.92. The topological polar surface area (TPSA) is 130 Å². The molecule has 0 heterocycles. The second-order valence-corrected chi connectivity index (χ2v) is 11.5. The molecule has 0 aromatic heterocycles. The fourth-order valence-corrected chi connectivity index (χ4v) is 4.71. The van der Waals surface area contributed by atoms with E-state index in [1.807, 2.05) is 45.0 Å². The third-order valence-corrected chi connectivity index (χ3v) is 7.02. The first kappa shape index (κ1) is 29.8. The van der Waals surface area contributed by atoms with Crippen LogP contribution in [0.1, 0.15) is 43.9 Å². The van der Waals surface area contributed by atoms with Gasteiger partial charge in [0.2, 0.25) is 21.8 Å². The summed E-state index contributed by atoms with van der Waals surface area (Å²) in [6.07, 6.45) is 1.26. The van der Waals surface area contributed by atoms with Gasteiger partial charge in [0, 0.05) is 25.2 Å². The predicted molar refractivity (Wildman–Crippen MR) is 144 cm³/mol. The number of carbonyl (C=O) groups is 2. The van der Waals surface area contributed by atoms with E-state index in [4.69, 9.17) is 0 Å². The second-order valence-electron chi connectivity index (χ2n) is 9.57. The summed E-state index contributed by atoms with van der Waals surface area (Å²) in [5, 5.41) is 14.2. The van der Waals surface area contributed by atoms with Crippen LogP contribution in [-0.4, -0.2) is 55.4 Å². The summed E-state index contributed by atoms with van der Waals surface area (Å²) >= 11 is 0. The number of benzene rings is 2. The number of aryl methyl sites for hydroxylation is 2. The monoisotopic (exact) mass is 532 g/mol. The third kappa shape index (κ3) is 8.28. The van der Waals surface area contributed by atoms with Crippen molar-refractivity contribution in [3.8, 4) is 0 Å². The number of hydrogen-bond acceptors (Lipinski definition) is 6. The van der Waals surface area contributed by atoms with Crippen LogP contribution in [0.5, 0.6) is 0 Å². The van der Waals surface area contributed by atoms with E-state index in [0.717, 1.165) is 27.8 Å². The van der Waals surface area contributed by atoms with Crippen molar-refractivity contribution < 1.29 is 22.9 Å². The van der Waals surface area contributed by atoms with Crippen molar-refractivity contribution in [1.29, 1.82) is 0 Å². The number of amides is 2. The van der Waals surface area contributed by atoms with Crippen LogP contribution in [0.2, 0.25) is 0 Å². The van der Waals surface area contributed by atoms with Gasteiger partial charge in [0.15, 0.2) is 0 Å². The van der Waals surface area contributed by atoms with Crippen LogP contribution in [0, 0.1) is 29.9 Å². The Kier molecular flexibility index (Phi) is 10.2. The molecule has 37 heavy (non-hydrogen) atoms. The van der Waals surface area contributed by atoms with Gasteiger partial charge in [-0.2, -0.15) is 0 Å². The summed E-state index contributed by atoms with van der Waals surface area (Å²) in [6.45, 7) is 9.17. The molecule has 0 aliphatic carbocycles. The van der Waals surface area contributed by atoms with Gasteiger partial charge >= 0.3 is 0 Å². The van der Waals surface area contributed by atoms with Crippen LogP contribution >= 0.6 is 0 Å². The third-order valence-electron chi connectivity index (χ3n) is 5.90. The van der Waals surface area contributed by atoms with Crippen molar-refractivity contribution in [1.82, 2.24) is 10.2 Å². The van der Waals surface area contributed by atoms with Gasteiger partial charge in [-0.15, -0.1) is 0 Å². The normalized spacial score (nSPS) is 12.2. The van der Waals surface area contributed by atoms with Gasteiger partial charge < -0.3 is 10.2 Å². The summed E-state index contributed by atoms with van der Waals surface area (Å²) in [7, 11) is -4.00. The largest absolute Gasteiger partial charge is 0.354 e. The van der Waals surface area contributed by atoms with Gasteiger partial charge in [-0.1, -0.05) is 56.7 Å². The van der Waals surface area contributed by atoms with Crippen molar-refractivity contribution in [3.63, 3.8) is 0 Å². The standard InChI is InChI=1S/C26H36N4O6S/c1-7-23(26(32)27-15-18(2)3)28(16-21-11-8-19(4)9-12-21)25(31)17-29(37(6,35)36)24-14-22(30(33)34)13-10-20(24)5/h8-14,18,23H,7,15-17H2,1-6H3,(H,27,32). The highest BCUT2D eigenvalue weighted by Crippen LogP contribution is 2.28. The molecule has 202 valence electrons. The van der Waals surface area contributed by atoms with Crippen LogP contribution in [0.4, 0.5) is 11.4 Å². The van der Waals surface area contributed by atoms with Crippen molar-refractivity contribution in [2.45, 2.75) is 53.6 Å². The molecule has 1 atom stereocenters. The van der Waals surface area contributed by atoms with E-state index < -0.39 is 33.4 Å². The van der Waals surface area contributed by atoms with E-state index in [-0.39, 0.29) is 29.7 Å². The summed E-state index contributed by atoms with van der Waals surface area (Å²) in [5.41, 5.74) is 2.02. The van der Waals surface area contributed by atoms with Gasteiger partial charge in [-0.05, 0) is 37.3 Å². The maximum Gasteiger partial charge on any atom is 0.271 e. The van der Waals surface area contributed by atoms with E-state index in [2.05, 4.69) is 5.32 Å². The zero-order valence-corrected chi connectivity index (χ0v) is 23.0. The minimum absolute atomic E-state index is 0.0395. The molecule has 0 fully saturated rings. The maximum atomic E-state index is 13.7. The first-order valence-electron chi connectivity index (χ1n) is 12.1. The summed E-state index contributed by atoms with van der Waals surface area (Å²) in [5.74, 6) is -0.710. The Hall–Kier alpha value is -3.47. The lowest BCUT2D eigenvalue weighted by atomic mass is 10.1. The first-order valence-corrected chi connectivity index (χ1v) is 13.9. The SMILES string of the molecule is CCC(C(=O)NCC(C)C)N(Cc1ccc(C)cc1)C(=O)CN(c1cc([N+](=O)[O-])ccc1C)S(C)(=O)=O. The van der Waals surface area contributed by atoms with Gasteiger partial charge in [-0.25, -0.2) is 8.42 Å². The average molecular weight is 533 g/mol. The lowest BCUT2D eigenvalue weighted by molar-refractivity contribution is -0.384. The molecule has 0 spiro atoms. The lowest BCUT2D eigenvalue weighted by Crippen LogP contribution is -2.52. The Labute approximate surface area is 218 Å². The average Bonchev–Trinajstić information content (AvgIpc) is 2.81. The summed E-state index contributed by atoms with van der Waals surface area (Å²) < 4.78 is 26.4. The molecule has 0 saturated heterocycles. The molecule has 2 amide bonds. The number of carbonyl (C=O) groups excluding carboxylic acids is 2. The van der Waals surface area contributed by atoms with Gasteiger partial charge in [0.05, 0.1) is 16.9 Å². The molecule has 1 unspecified atom stereocenters. The smallest absolute Gasteiger partial charge is 0.271 e. The van der Waals surface area contributed by atoms with Crippen LogP contribution in [0.25, 0.3) is 0 Å². The molecular formula is C26H36N4O6S. The first-order chi connectivity index (χ1) is 17.2. The molecule has 0 aliphatic heterocycles. The number of sulfonamides is 1. The van der Waals surface area contributed by atoms with Crippen LogP contribution in [0.3, 0.4) is 0 Å². The molecule has 1 N–H and O–H groups in total. The molecule has 0 bridgehead atoms. The number of nitrogens with one attached hydrogen (secondary N) is 1. The van der Waals surface area contributed by atoms with Crippen molar-refractivity contribution >= 4 is 33.2 Å². The van der Waals surface area contributed by atoms with E-state index >= 15 is 0 Å². The number of nitrogens with zero attached hydrogens (tertiary/aromatic N) is 3. The summed E-state index contributed by atoms with van der Waals surface area (Å²) in [6, 6.07) is 10.5. The van der Waals surface area contributed by atoms with Crippen molar-refractivity contribution in [3.05, 3.63) is 69.3 Å². The Bertz CT molecular complexity index is 1230. The Morgan fingerprint density at radius 1 is 1.08 bits per heavy atom. The summed E-state index contributed by atoms with van der Waals surface area (Å²) in [4.78, 5) is 38.9. The van der Waals surface area contributed by atoms with E-state index in [0.29, 0.717) is 18.5 Å². The number of hydrogen-bond donors (Lipinski definition) is 1. The van der Waals surface area contributed by atoms with E-state index in [1.54, 1.807) is 13.8 Å². The zero-order valence-electron chi connectivity index (χ0n) is 22.2. The van der Waals surface area contributed by atoms with Crippen molar-refractivity contribution in [2.24, 2.45) is 5.92 Å². The lowest BCUT2D eigenvalue weighted by Gasteiger charge is -2.33. The number of rotatable bonds is 12. The fourth-order valence-electron chi connectivity index (χ4n) is 3.81. The molecule has 2 rings (SSSR count). The molecule has 0 aliphatic rings. The maximum absolute atomic E-state index is 13.7. The molecule has 2 aromatic rings. The number of nitro groups is 1. The molecule has 0 radical (unpaired) electrons. The fraction of sp³-hybridized carbons (Fsp3) is 0.462. The quantitative estimate of drug-likeness (QED) is 0.329. The molecule has 0 saturated carbocycles. The minimum atomic E-state index is -4.00. The van der Waals surface area contributed by atoms with E-state index in [9.17, 15) is 28.1 Å². The molecule has 11 heteroatoms. The minimum Gasteiger partial charge on any atom is -0.354 e. The van der Waals surface area contributed by atoms with Gasteiger partial charge in [0.25, 0.3) is 5.69 Å². The predicted octanol–water partition coefficient (Wildman–Crippen LogP) is 3.56. The van der Waals surface area contributed by atoms with Crippen molar-refractivity contribution in [2.75, 3.05) is 23.7 Å². The number of non-ortho nitro benzene ring substituents is 1. The van der Waals surface area contributed by atoms with Gasteiger partial charge in [0.1, 0.15) is 12.6 Å². The molecule has 2 aromatic carbocycles. The van der Waals surface area contributed by atoms with Gasteiger partial charge in [-0.3, -0.25) is 24.0 Å². The highest BCUT2D eigenvalue weighted by atomic mass is 32.2. The van der Waals surface area contributed by atoms with Crippen LogP contribution in [0.15, 0.2) is 42.5 Å². The Balaban J connectivity index is 2.50. The number of anilines is 1. The molecular weight excluding hydrogens is 496 g/mol. The Morgan fingerprint density at radius 2 is 1.70 bits per heavy atom. The van der Waals surface area contributed by atoms with Crippen LogP contribution in [-0.2, 0) is 26.2 Å². The highest BCUT2D eigenvalue weighted by Gasteiger charge is 2.32. The molecule has 10 nitrogen and oxygen atoms in total. The number of nitro benzene ring substituents is 1. The Morgan fingerprint density at radius 3 is 2.22 bits per heavy atom. The van der Waals surface area contributed by atoms with E-state index in [1.165, 1.54) is 17.0 Å².